The van der Waals surface area contributed by atoms with Gasteiger partial charge in [-0.1, -0.05) is 48.5 Å². The van der Waals surface area contributed by atoms with Crippen LogP contribution in [0.25, 0.3) is 10.8 Å². The lowest BCUT2D eigenvalue weighted by atomic mass is 10.1. The topological polar surface area (TPSA) is 89.5 Å². The normalized spacial score (nSPS) is 12.4. The van der Waals surface area contributed by atoms with E-state index >= 15 is 0 Å². The van der Waals surface area contributed by atoms with Crippen molar-refractivity contribution < 1.29 is 22.7 Å². The smallest absolute Gasteiger partial charge is 0.340 e. The number of rotatable bonds is 5. The summed E-state index contributed by atoms with van der Waals surface area (Å²) in [6.45, 7) is 1.43. The van der Waals surface area contributed by atoms with Crippen molar-refractivity contribution in [3.05, 3.63) is 72.3 Å². The summed E-state index contributed by atoms with van der Waals surface area (Å²) in [4.78, 5) is 24.8. The highest BCUT2D eigenvalue weighted by Crippen LogP contribution is 2.23. The fourth-order valence-electron chi connectivity index (χ4n) is 2.80. The van der Waals surface area contributed by atoms with E-state index in [0.717, 1.165) is 17.0 Å². The Morgan fingerprint density at radius 1 is 0.929 bits per heavy atom. The third-order valence-corrected chi connectivity index (χ3v) is 5.36. The molecule has 0 radical (unpaired) electrons. The van der Waals surface area contributed by atoms with E-state index < -0.39 is 27.8 Å². The largest absolute Gasteiger partial charge is 0.449 e. The second kappa shape index (κ2) is 7.82. The van der Waals surface area contributed by atoms with Crippen LogP contribution >= 0.6 is 0 Å². The van der Waals surface area contributed by atoms with Gasteiger partial charge in [-0.05, 0) is 30.5 Å². The highest BCUT2D eigenvalue weighted by molar-refractivity contribution is 7.90. The van der Waals surface area contributed by atoms with Crippen LogP contribution in [0.3, 0.4) is 0 Å². The number of anilines is 1. The van der Waals surface area contributed by atoms with E-state index in [1.807, 2.05) is 36.4 Å². The summed E-state index contributed by atoms with van der Waals surface area (Å²) in [6.07, 6.45) is -0.102. The molecule has 0 aliphatic heterocycles. The molecule has 0 aliphatic carbocycles. The molecule has 1 atom stereocenters. The third kappa shape index (κ3) is 4.20. The number of hydrogen-bond acceptors (Lipinski definition) is 5. The van der Waals surface area contributed by atoms with Crippen LogP contribution in [-0.4, -0.2) is 32.7 Å². The molecule has 7 heteroatoms. The maximum atomic E-state index is 12.5. The zero-order chi connectivity index (χ0) is 20.3. The van der Waals surface area contributed by atoms with E-state index in [9.17, 15) is 18.0 Å². The molecule has 28 heavy (non-hydrogen) atoms. The number of amides is 1. The van der Waals surface area contributed by atoms with Crippen LogP contribution in [-0.2, 0) is 19.4 Å². The number of hydrogen-bond donors (Lipinski definition) is 1. The van der Waals surface area contributed by atoms with Gasteiger partial charge in [0.2, 0.25) is 0 Å². The Morgan fingerprint density at radius 3 is 2.32 bits per heavy atom. The molecule has 0 saturated heterocycles. The van der Waals surface area contributed by atoms with E-state index in [4.69, 9.17) is 4.74 Å². The number of carbonyl (C=O) groups is 2. The number of nitrogens with one attached hydrogen (secondary N) is 1. The minimum atomic E-state index is -3.61. The van der Waals surface area contributed by atoms with Gasteiger partial charge in [-0.15, -0.1) is 0 Å². The average Bonchev–Trinajstić information content (AvgIpc) is 2.67. The van der Waals surface area contributed by atoms with Gasteiger partial charge < -0.3 is 10.1 Å². The predicted molar refractivity (Wildman–Crippen MR) is 107 cm³/mol. The second-order valence-corrected chi connectivity index (χ2v) is 8.32. The van der Waals surface area contributed by atoms with Crippen LogP contribution in [0.1, 0.15) is 17.3 Å². The maximum absolute atomic E-state index is 12.5. The first kappa shape index (κ1) is 19.6. The first-order valence-corrected chi connectivity index (χ1v) is 10.4. The molecule has 0 fully saturated rings. The molecule has 1 amide bonds. The Kier molecular flexibility index (Phi) is 5.46. The third-order valence-electron chi connectivity index (χ3n) is 4.21. The fraction of sp³-hybridized carbons (Fsp3) is 0.143. The number of ether oxygens (including phenoxy) is 1. The van der Waals surface area contributed by atoms with Gasteiger partial charge >= 0.3 is 5.97 Å². The monoisotopic (exact) mass is 397 g/mol. The molecular formula is C21H19NO5S. The first-order chi connectivity index (χ1) is 13.3. The molecule has 1 unspecified atom stereocenters. The van der Waals surface area contributed by atoms with Crippen LogP contribution in [0, 0.1) is 0 Å². The molecule has 0 aliphatic rings. The predicted octanol–water partition coefficient (Wildman–Crippen LogP) is 3.43. The average molecular weight is 397 g/mol. The summed E-state index contributed by atoms with van der Waals surface area (Å²) in [6, 6.07) is 18.8. The van der Waals surface area contributed by atoms with Crippen LogP contribution in [0.4, 0.5) is 5.69 Å². The van der Waals surface area contributed by atoms with Gasteiger partial charge in [-0.25, -0.2) is 13.2 Å². The number of carbonyl (C=O) groups excluding carboxylic acids is 2. The van der Waals surface area contributed by atoms with Crippen molar-refractivity contribution >= 4 is 38.2 Å². The van der Waals surface area contributed by atoms with Gasteiger partial charge in [0.25, 0.3) is 5.91 Å². The van der Waals surface area contributed by atoms with Crippen molar-refractivity contribution in [2.75, 3.05) is 11.6 Å². The number of sulfone groups is 1. The molecule has 0 aromatic heterocycles. The Labute approximate surface area is 163 Å². The molecule has 0 spiro atoms. The Morgan fingerprint density at radius 2 is 1.57 bits per heavy atom. The lowest BCUT2D eigenvalue weighted by Crippen LogP contribution is -2.30. The van der Waals surface area contributed by atoms with Crippen LogP contribution < -0.4 is 5.32 Å². The van der Waals surface area contributed by atoms with Gasteiger partial charge in [0.15, 0.2) is 15.9 Å². The molecule has 1 N–H and O–H groups in total. The Bertz CT molecular complexity index is 1150. The highest BCUT2D eigenvalue weighted by atomic mass is 32.2. The van der Waals surface area contributed by atoms with Crippen molar-refractivity contribution in [2.45, 2.75) is 17.9 Å². The molecule has 3 aromatic rings. The van der Waals surface area contributed by atoms with E-state index in [-0.39, 0.29) is 10.5 Å². The standard InChI is InChI=1S/C21H19NO5S/c1-14(27-21(24)17-11-5-6-13-19(17)28(2,25)26)20(23)22-18-12-7-9-15-8-3-4-10-16(15)18/h3-14H,1-2H3,(H,22,23). The van der Waals surface area contributed by atoms with Gasteiger partial charge in [0.05, 0.1) is 10.5 Å². The quantitative estimate of drug-likeness (QED) is 0.666. The summed E-state index contributed by atoms with van der Waals surface area (Å²) in [7, 11) is -3.61. The van der Waals surface area contributed by atoms with Gasteiger partial charge in [0.1, 0.15) is 0 Å². The molecule has 0 bridgehead atoms. The summed E-state index contributed by atoms with van der Waals surface area (Å²) >= 11 is 0. The minimum absolute atomic E-state index is 0.102. The van der Waals surface area contributed by atoms with E-state index in [1.54, 1.807) is 6.07 Å². The lowest BCUT2D eigenvalue weighted by Gasteiger charge is -2.15. The zero-order valence-electron chi connectivity index (χ0n) is 15.4. The maximum Gasteiger partial charge on any atom is 0.340 e. The molecule has 0 heterocycles. The second-order valence-electron chi connectivity index (χ2n) is 6.33. The number of benzene rings is 3. The van der Waals surface area contributed by atoms with Gasteiger partial charge in [0, 0.05) is 17.3 Å². The molecule has 0 saturated carbocycles. The fourth-order valence-corrected chi connectivity index (χ4v) is 3.68. The molecule has 6 nitrogen and oxygen atoms in total. The molecule has 144 valence electrons. The first-order valence-electron chi connectivity index (χ1n) is 8.56. The summed E-state index contributed by atoms with van der Waals surface area (Å²) in [5.74, 6) is -1.39. The molecule has 3 aromatic carbocycles. The zero-order valence-corrected chi connectivity index (χ0v) is 16.2. The van der Waals surface area contributed by atoms with Gasteiger partial charge in [-0.3, -0.25) is 4.79 Å². The SMILES string of the molecule is CC(OC(=O)c1ccccc1S(C)(=O)=O)C(=O)Nc1cccc2ccccc12. The minimum Gasteiger partial charge on any atom is -0.449 e. The number of fused-ring (bicyclic) bond motifs is 1. The van der Waals surface area contributed by atoms with Crippen molar-refractivity contribution in [1.29, 1.82) is 0 Å². The van der Waals surface area contributed by atoms with Crippen molar-refractivity contribution in [3.63, 3.8) is 0 Å². The van der Waals surface area contributed by atoms with E-state index in [2.05, 4.69) is 5.32 Å². The summed E-state index contributed by atoms with van der Waals surface area (Å²) in [5, 5.41) is 4.58. The van der Waals surface area contributed by atoms with Crippen LogP contribution in [0.15, 0.2) is 71.6 Å². The Hall–Kier alpha value is -3.19. The summed E-state index contributed by atoms with van der Waals surface area (Å²) < 4.78 is 28.9. The Balaban J connectivity index is 1.77. The van der Waals surface area contributed by atoms with Crippen molar-refractivity contribution in [1.82, 2.24) is 0 Å². The molecule has 3 rings (SSSR count). The number of esters is 1. The summed E-state index contributed by atoms with van der Waals surface area (Å²) in [5.41, 5.74) is 0.498. The van der Waals surface area contributed by atoms with E-state index in [1.165, 1.54) is 31.2 Å². The van der Waals surface area contributed by atoms with Crippen molar-refractivity contribution in [3.8, 4) is 0 Å². The van der Waals surface area contributed by atoms with E-state index in [0.29, 0.717) is 5.69 Å². The highest BCUT2D eigenvalue weighted by Gasteiger charge is 2.24. The van der Waals surface area contributed by atoms with Crippen molar-refractivity contribution in [2.24, 2.45) is 0 Å². The molecular weight excluding hydrogens is 378 g/mol. The van der Waals surface area contributed by atoms with Crippen LogP contribution in [0.5, 0.6) is 0 Å². The lowest BCUT2D eigenvalue weighted by molar-refractivity contribution is -0.123. The van der Waals surface area contributed by atoms with Gasteiger partial charge in [-0.2, -0.15) is 0 Å². The van der Waals surface area contributed by atoms with Crippen LogP contribution in [0.2, 0.25) is 0 Å².